The Balaban J connectivity index is 1.61. The lowest BCUT2D eigenvalue weighted by atomic mass is 10.2. The smallest absolute Gasteiger partial charge is 0.295 e. The zero-order valence-corrected chi connectivity index (χ0v) is 12.5. The Morgan fingerprint density at radius 2 is 1.96 bits per heavy atom. The summed E-state index contributed by atoms with van der Waals surface area (Å²) in [6.07, 6.45) is 5.70. The number of aromatic nitrogens is 4. The standard InChI is InChI=1S/C16H16N6O/c23-15(14-19-16-17-8-5-11-22(16)20-14)18-12-6-1-2-7-13(12)21-9-3-4-10-21/h1-2,5-8,11H,3-4,9-10H2,(H,18,23). The van der Waals surface area contributed by atoms with E-state index in [1.54, 1.807) is 18.5 Å². The molecule has 1 aromatic carbocycles. The van der Waals surface area contributed by atoms with Crippen LogP contribution in [0.1, 0.15) is 23.5 Å². The molecule has 0 saturated carbocycles. The summed E-state index contributed by atoms with van der Waals surface area (Å²) in [5.74, 6) is 0.188. The van der Waals surface area contributed by atoms with Crippen LogP contribution in [-0.4, -0.2) is 38.6 Å². The summed E-state index contributed by atoms with van der Waals surface area (Å²) >= 11 is 0. The van der Waals surface area contributed by atoms with Gasteiger partial charge in [0, 0.05) is 25.5 Å². The van der Waals surface area contributed by atoms with Crippen LogP contribution in [0.5, 0.6) is 0 Å². The number of nitrogens with zero attached hydrogens (tertiary/aromatic N) is 5. The van der Waals surface area contributed by atoms with Crippen molar-refractivity contribution in [2.75, 3.05) is 23.3 Å². The first-order valence-corrected chi connectivity index (χ1v) is 7.64. The van der Waals surface area contributed by atoms with E-state index in [0.29, 0.717) is 5.78 Å². The van der Waals surface area contributed by atoms with Crippen molar-refractivity contribution in [3.8, 4) is 0 Å². The molecule has 116 valence electrons. The van der Waals surface area contributed by atoms with E-state index in [2.05, 4.69) is 25.3 Å². The highest BCUT2D eigenvalue weighted by Gasteiger charge is 2.19. The van der Waals surface area contributed by atoms with Crippen molar-refractivity contribution in [3.05, 3.63) is 48.5 Å². The van der Waals surface area contributed by atoms with E-state index in [0.717, 1.165) is 24.5 Å². The van der Waals surface area contributed by atoms with Gasteiger partial charge < -0.3 is 10.2 Å². The molecule has 7 nitrogen and oxygen atoms in total. The third-order valence-corrected chi connectivity index (χ3v) is 3.92. The van der Waals surface area contributed by atoms with E-state index in [1.807, 2.05) is 24.3 Å². The van der Waals surface area contributed by atoms with Crippen LogP contribution >= 0.6 is 0 Å². The Kier molecular flexibility index (Phi) is 3.38. The van der Waals surface area contributed by atoms with Gasteiger partial charge in [-0.25, -0.2) is 9.50 Å². The van der Waals surface area contributed by atoms with Crippen LogP contribution in [0.4, 0.5) is 11.4 Å². The van der Waals surface area contributed by atoms with Crippen LogP contribution in [0.2, 0.25) is 0 Å². The van der Waals surface area contributed by atoms with Crippen molar-refractivity contribution in [1.82, 2.24) is 19.6 Å². The molecule has 2 aromatic heterocycles. The van der Waals surface area contributed by atoms with Crippen LogP contribution in [0.3, 0.4) is 0 Å². The number of fused-ring (bicyclic) bond motifs is 1. The number of nitrogens with one attached hydrogen (secondary N) is 1. The van der Waals surface area contributed by atoms with Crippen molar-refractivity contribution in [3.63, 3.8) is 0 Å². The van der Waals surface area contributed by atoms with Gasteiger partial charge in [-0.1, -0.05) is 12.1 Å². The fourth-order valence-electron chi connectivity index (χ4n) is 2.82. The van der Waals surface area contributed by atoms with E-state index in [4.69, 9.17) is 0 Å². The number of benzene rings is 1. The van der Waals surface area contributed by atoms with E-state index in [1.165, 1.54) is 17.4 Å². The fourth-order valence-corrected chi connectivity index (χ4v) is 2.82. The number of anilines is 2. The number of para-hydroxylation sites is 2. The second kappa shape index (κ2) is 5.68. The molecular weight excluding hydrogens is 292 g/mol. The minimum Gasteiger partial charge on any atom is -0.370 e. The Morgan fingerprint density at radius 1 is 1.13 bits per heavy atom. The van der Waals surface area contributed by atoms with Crippen LogP contribution in [-0.2, 0) is 0 Å². The Morgan fingerprint density at radius 3 is 2.78 bits per heavy atom. The predicted octanol–water partition coefficient (Wildman–Crippen LogP) is 1.98. The molecule has 0 spiro atoms. The van der Waals surface area contributed by atoms with Gasteiger partial charge in [-0.15, -0.1) is 5.10 Å². The molecule has 0 bridgehead atoms. The molecule has 1 aliphatic heterocycles. The van der Waals surface area contributed by atoms with E-state index >= 15 is 0 Å². The maximum Gasteiger partial charge on any atom is 0.295 e. The number of carbonyl (C=O) groups excluding carboxylic acids is 1. The summed E-state index contributed by atoms with van der Waals surface area (Å²) in [4.78, 5) is 23.0. The van der Waals surface area contributed by atoms with E-state index < -0.39 is 0 Å². The zero-order valence-electron chi connectivity index (χ0n) is 12.5. The minimum absolute atomic E-state index is 0.111. The van der Waals surface area contributed by atoms with Crippen LogP contribution in [0.25, 0.3) is 5.78 Å². The summed E-state index contributed by atoms with van der Waals surface area (Å²) in [5.41, 5.74) is 1.83. The molecule has 1 amide bonds. The largest absolute Gasteiger partial charge is 0.370 e. The molecule has 1 aliphatic rings. The molecule has 0 unspecified atom stereocenters. The normalized spacial score (nSPS) is 14.3. The SMILES string of the molecule is O=C(Nc1ccccc1N1CCCC1)c1nc2ncccn2n1. The Hall–Kier alpha value is -2.96. The number of amides is 1. The maximum atomic E-state index is 12.5. The summed E-state index contributed by atoms with van der Waals surface area (Å²) in [6.45, 7) is 2.03. The van der Waals surface area contributed by atoms with Crippen molar-refractivity contribution in [2.24, 2.45) is 0 Å². The monoisotopic (exact) mass is 308 g/mol. The number of hydrogen-bond donors (Lipinski definition) is 1. The number of rotatable bonds is 3. The number of carbonyl (C=O) groups is 1. The lowest BCUT2D eigenvalue weighted by Gasteiger charge is -2.21. The summed E-state index contributed by atoms with van der Waals surface area (Å²) in [5, 5.41) is 7.07. The molecule has 0 radical (unpaired) electrons. The quantitative estimate of drug-likeness (QED) is 0.800. The van der Waals surface area contributed by atoms with Crippen LogP contribution < -0.4 is 10.2 Å². The molecule has 3 heterocycles. The van der Waals surface area contributed by atoms with Crippen molar-refractivity contribution in [1.29, 1.82) is 0 Å². The van der Waals surface area contributed by atoms with Gasteiger partial charge in [0.2, 0.25) is 5.82 Å². The first-order chi connectivity index (χ1) is 11.3. The molecule has 3 aromatic rings. The third-order valence-electron chi connectivity index (χ3n) is 3.92. The molecule has 0 atom stereocenters. The van der Waals surface area contributed by atoms with Gasteiger partial charge >= 0.3 is 0 Å². The molecule has 7 heteroatoms. The second-order valence-corrected chi connectivity index (χ2v) is 5.47. The van der Waals surface area contributed by atoms with Gasteiger partial charge in [0.25, 0.3) is 11.7 Å². The maximum absolute atomic E-state index is 12.5. The molecule has 4 rings (SSSR count). The highest BCUT2D eigenvalue weighted by molar-refractivity contribution is 6.03. The van der Waals surface area contributed by atoms with Crippen LogP contribution in [0, 0.1) is 0 Å². The van der Waals surface area contributed by atoms with Gasteiger partial charge in [0.15, 0.2) is 0 Å². The number of hydrogen-bond acceptors (Lipinski definition) is 5. The van der Waals surface area contributed by atoms with Crippen molar-refractivity contribution >= 4 is 23.1 Å². The lowest BCUT2D eigenvalue weighted by Crippen LogP contribution is -2.21. The Labute approximate surface area is 133 Å². The van der Waals surface area contributed by atoms with Gasteiger partial charge in [-0.3, -0.25) is 4.79 Å². The van der Waals surface area contributed by atoms with Crippen molar-refractivity contribution in [2.45, 2.75) is 12.8 Å². The van der Waals surface area contributed by atoms with Gasteiger partial charge in [-0.2, -0.15) is 4.98 Å². The Bertz CT molecular complexity index is 819. The zero-order chi connectivity index (χ0) is 15.6. The lowest BCUT2D eigenvalue weighted by molar-refractivity contribution is 0.101. The summed E-state index contributed by atoms with van der Waals surface area (Å²) < 4.78 is 1.49. The highest BCUT2D eigenvalue weighted by Crippen LogP contribution is 2.28. The van der Waals surface area contributed by atoms with Crippen molar-refractivity contribution < 1.29 is 4.79 Å². The van der Waals surface area contributed by atoms with Gasteiger partial charge in [0.1, 0.15) is 0 Å². The first kappa shape index (κ1) is 13.7. The van der Waals surface area contributed by atoms with Crippen LogP contribution in [0.15, 0.2) is 42.7 Å². The molecule has 1 N–H and O–H groups in total. The van der Waals surface area contributed by atoms with Gasteiger partial charge in [0.05, 0.1) is 11.4 Å². The average Bonchev–Trinajstić information content (AvgIpc) is 3.25. The second-order valence-electron chi connectivity index (χ2n) is 5.47. The minimum atomic E-state index is -0.331. The molecular formula is C16H16N6O. The van der Waals surface area contributed by atoms with Gasteiger partial charge in [-0.05, 0) is 31.0 Å². The summed E-state index contributed by atoms with van der Waals surface area (Å²) in [7, 11) is 0. The fraction of sp³-hybridized carbons (Fsp3) is 0.250. The average molecular weight is 308 g/mol. The molecule has 1 fully saturated rings. The molecule has 0 aliphatic carbocycles. The van der Waals surface area contributed by atoms with E-state index in [9.17, 15) is 4.79 Å². The first-order valence-electron chi connectivity index (χ1n) is 7.64. The third kappa shape index (κ3) is 2.61. The summed E-state index contributed by atoms with van der Waals surface area (Å²) in [6, 6.07) is 9.56. The highest BCUT2D eigenvalue weighted by atomic mass is 16.2. The predicted molar refractivity (Wildman–Crippen MR) is 86.6 cm³/mol. The van der Waals surface area contributed by atoms with E-state index in [-0.39, 0.29) is 11.7 Å². The molecule has 23 heavy (non-hydrogen) atoms. The molecule has 1 saturated heterocycles. The topological polar surface area (TPSA) is 75.4 Å².